The first kappa shape index (κ1) is 15.5. The molecule has 2 N–H and O–H groups in total. The summed E-state index contributed by atoms with van der Waals surface area (Å²) in [7, 11) is 0. The lowest BCUT2D eigenvalue weighted by Crippen LogP contribution is -2.43. The average molecular weight is 321 g/mol. The molecule has 1 aliphatic carbocycles. The molecule has 3 rings (SSSR count). The van der Waals surface area contributed by atoms with E-state index in [1.165, 1.54) is 11.3 Å². The molecular weight excluding hydrogens is 298 g/mol. The number of amides is 2. The van der Waals surface area contributed by atoms with Crippen LogP contribution in [-0.2, 0) is 11.3 Å². The Bertz CT molecular complexity index is 567. The van der Waals surface area contributed by atoms with Gasteiger partial charge in [-0.3, -0.25) is 14.5 Å². The van der Waals surface area contributed by atoms with Gasteiger partial charge in [-0.05, 0) is 38.3 Å². The summed E-state index contributed by atoms with van der Waals surface area (Å²) < 4.78 is 0. The van der Waals surface area contributed by atoms with Gasteiger partial charge in [0.05, 0.1) is 5.56 Å². The second-order valence-electron chi connectivity index (χ2n) is 6.34. The summed E-state index contributed by atoms with van der Waals surface area (Å²) >= 11 is 1.59. The van der Waals surface area contributed by atoms with Gasteiger partial charge in [0.15, 0.2) is 0 Å². The minimum Gasteiger partial charge on any atom is -0.366 e. The molecule has 1 aliphatic heterocycles. The van der Waals surface area contributed by atoms with Crippen molar-refractivity contribution in [3.8, 4) is 0 Å². The summed E-state index contributed by atoms with van der Waals surface area (Å²) in [5, 5.41) is 1.83. The number of hydrogen-bond acceptors (Lipinski definition) is 4. The Balaban J connectivity index is 1.62. The third-order valence-electron chi connectivity index (χ3n) is 4.60. The Morgan fingerprint density at radius 2 is 2.18 bits per heavy atom. The Hall–Kier alpha value is -1.40. The van der Waals surface area contributed by atoms with E-state index in [-0.39, 0.29) is 11.8 Å². The summed E-state index contributed by atoms with van der Waals surface area (Å²) in [6.07, 6.45) is 4.62. The number of carbonyl (C=O) groups is 2. The van der Waals surface area contributed by atoms with Gasteiger partial charge in [-0.15, -0.1) is 11.3 Å². The molecular formula is C16H23N3O2S. The first-order chi connectivity index (χ1) is 10.5. The van der Waals surface area contributed by atoms with Gasteiger partial charge in [0.2, 0.25) is 11.8 Å². The Labute approximate surface area is 135 Å². The van der Waals surface area contributed by atoms with Crippen LogP contribution in [0.2, 0.25) is 0 Å². The highest BCUT2D eigenvalue weighted by molar-refractivity contribution is 7.10. The van der Waals surface area contributed by atoms with Crippen LogP contribution >= 0.6 is 11.3 Å². The molecule has 6 heteroatoms. The second kappa shape index (κ2) is 6.38. The van der Waals surface area contributed by atoms with Gasteiger partial charge in [-0.25, -0.2) is 0 Å². The van der Waals surface area contributed by atoms with E-state index in [1.54, 1.807) is 18.3 Å². The van der Waals surface area contributed by atoms with Crippen LogP contribution in [0.25, 0.3) is 0 Å². The first-order valence-electron chi connectivity index (χ1n) is 7.93. The standard InChI is InChI=1S/C16H23N3O2S/c1-11(20)19(13-4-5-13)8-14-3-2-6-18(14)9-15-7-12(10-22-15)16(17)21/h7,10,13-14H,2-6,8-9H2,1H3,(H2,17,21)/t14-/m1/s1. The van der Waals surface area contributed by atoms with Crippen molar-refractivity contribution in [2.75, 3.05) is 13.1 Å². The highest BCUT2D eigenvalue weighted by atomic mass is 32.1. The number of primary amides is 1. The fourth-order valence-electron chi connectivity index (χ4n) is 3.25. The SMILES string of the molecule is CC(=O)N(C[C@H]1CCCN1Cc1cc(C(N)=O)cs1)C1CC1. The number of carbonyl (C=O) groups excluding carboxylic acids is 2. The summed E-state index contributed by atoms with van der Waals surface area (Å²) in [6.45, 7) is 4.42. The van der Waals surface area contributed by atoms with E-state index in [1.807, 2.05) is 16.3 Å². The van der Waals surface area contributed by atoms with Crippen LogP contribution in [0, 0.1) is 0 Å². The molecule has 1 saturated carbocycles. The third kappa shape index (κ3) is 3.50. The molecule has 22 heavy (non-hydrogen) atoms. The van der Waals surface area contributed by atoms with Crippen molar-refractivity contribution >= 4 is 23.2 Å². The van der Waals surface area contributed by atoms with E-state index in [0.29, 0.717) is 17.6 Å². The molecule has 1 aromatic heterocycles. The molecule has 0 unspecified atom stereocenters. The van der Waals surface area contributed by atoms with Crippen LogP contribution in [-0.4, -0.2) is 46.8 Å². The zero-order chi connectivity index (χ0) is 15.7. The fourth-order valence-corrected chi connectivity index (χ4v) is 4.15. The maximum absolute atomic E-state index is 11.8. The molecule has 0 aromatic carbocycles. The van der Waals surface area contributed by atoms with Crippen LogP contribution in [0.1, 0.15) is 47.8 Å². The number of likely N-dealkylation sites (tertiary alicyclic amines) is 1. The number of rotatable bonds is 6. The van der Waals surface area contributed by atoms with Crippen molar-refractivity contribution in [1.29, 1.82) is 0 Å². The van der Waals surface area contributed by atoms with Crippen molar-refractivity contribution in [2.24, 2.45) is 5.73 Å². The first-order valence-corrected chi connectivity index (χ1v) is 8.81. The monoisotopic (exact) mass is 321 g/mol. The normalized spacial score (nSPS) is 22.0. The maximum Gasteiger partial charge on any atom is 0.249 e. The summed E-state index contributed by atoms with van der Waals surface area (Å²) in [5.74, 6) is -0.168. The summed E-state index contributed by atoms with van der Waals surface area (Å²) in [5.41, 5.74) is 5.91. The Morgan fingerprint density at radius 1 is 1.41 bits per heavy atom. The number of nitrogens with zero attached hydrogens (tertiary/aromatic N) is 2. The van der Waals surface area contributed by atoms with E-state index < -0.39 is 0 Å². The average Bonchev–Trinajstić information content (AvgIpc) is 3.02. The van der Waals surface area contributed by atoms with Crippen molar-refractivity contribution in [3.63, 3.8) is 0 Å². The van der Waals surface area contributed by atoms with E-state index in [9.17, 15) is 9.59 Å². The lowest BCUT2D eigenvalue weighted by atomic mass is 10.2. The molecule has 0 bridgehead atoms. The summed E-state index contributed by atoms with van der Waals surface area (Å²) in [4.78, 5) is 28.7. The molecule has 5 nitrogen and oxygen atoms in total. The van der Waals surface area contributed by atoms with E-state index in [4.69, 9.17) is 5.73 Å². The minimum absolute atomic E-state index is 0.196. The molecule has 2 heterocycles. The van der Waals surface area contributed by atoms with Crippen LogP contribution in [0.5, 0.6) is 0 Å². The van der Waals surface area contributed by atoms with E-state index in [2.05, 4.69) is 4.90 Å². The highest BCUT2D eigenvalue weighted by Crippen LogP contribution is 2.30. The zero-order valence-electron chi connectivity index (χ0n) is 13.0. The van der Waals surface area contributed by atoms with Crippen molar-refractivity contribution in [3.05, 3.63) is 21.9 Å². The van der Waals surface area contributed by atoms with Crippen LogP contribution < -0.4 is 5.73 Å². The molecule has 1 aromatic rings. The van der Waals surface area contributed by atoms with Crippen molar-refractivity contribution in [1.82, 2.24) is 9.80 Å². The van der Waals surface area contributed by atoms with Gasteiger partial charge in [0, 0.05) is 42.4 Å². The summed E-state index contributed by atoms with van der Waals surface area (Å²) in [6, 6.07) is 2.80. The Morgan fingerprint density at radius 3 is 2.77 bits per heavy atom. The molecule has 0 spiro atoms. The lowest BCUT2D eigenvalue weighted by Gasteiger charge is -2.30. The maximum atomic E-state index is 11.8. The lowest BCUT2D eigenvalue weighted by molar-refractivity contribution is -0.130. The quantitative estimate of drug-likeness (QED) is 0.869. The number of hydrogen-bond donors (Lipinski definition) is 1. The molecule has 2 fully saturated rings. The molecule has 2 amide bonds. The molecule has 120 valence electrons. The number of thiophene rings is 1. The van der Waals surface area contributed by atoms with Crippen LogP contribution in [0.3, 0.4) is 0 Å². The van der Waals surface area contributed by atoms with Crippen molar-refractivity contribution in [2.45, 2.75) is 51.2 Å². The predicted molar refractivity (Wildman–Crippen MR) is 86.7 cm³/mol. The predicted octanol–water partition coefficient (Wildman–Crippen LogP) is 1.82. The van der Waals surface area contributed by atoms with Crippen LogP contribution in [0.4, 0.5) is 0 Å². The van der Waals surface area contributed by atoms with Crippen LogP contribution in [0.15, 0.2) is 11.4 Å². The third-order valence-corrected chi connectivity index (χ3v) is 5.52. The minimum atomic E-state index is -0.364. The number of nitrogens with two attached hydrogens (primary N) is 1. The van der Waals surface area contributed by atoms with Gasteiger partial charge in [-0.1, -0.05) is 0 Å². The van der Waals surface area contributed by atoms with E-state index in [0.717, 1.165) is 38.9 Å². The van der Waals surface area contributed by atoms with Gasteiger partial charge in [-0.2, -0.15) is 0 Å². The van der Waals surface area contributed by atoms with Crippen molar-refractivity contribution < 1.29 is 9.59 Å². The largest absolute Gasteiger partial charge is 0.366 e. The molecule has 0 radical (unpaired) electrons. The van der Waals surface area contributed by atoms with Gasteiger partial charge in [0.25, 0.3) is 0 Å². The molecule has 2 aliphatic rings. The van der Waals surface area contributed by atoms with Gasteiger partial charge < -0.3 is 10.6 Å². The topological polar surface area (TPSA) is 66.6 Å². The highest BCUT2D eigenvalue weighted by Gasteiger charge is 2.35. The van der Waals surface area contributed by atoms with E-state index >= 15 is 0 Å². The smallest absolute Gasteiger partial charge is 0.249 e. The van der Waals surface area contributed by atoms with Gasteiger partial charge >= 0.3 is 0 Å². The second-order valence-corrected chi connectivity index (χ2v) is 7.33. The molecule has 1 atom stereocenters. The zero-order valence-corrected chi connectivity index (χ0v) is 13.8. The Kier molecular flexibility index (Phi) is 4.49. The molecule has 1 saturated heterocycles. The fraction of sp³-hybridized carbons (Fsp3) is 0.625. The van der Waals surface area contributed by atoms with Gasteiger partial charge in [0.1, 0.15) is 0 Å².